The molecule has 0 amide bonds. The fourth-order valence-electron chi connectivity index (χ4n) is 3.38. The predicted octanol–water partition coefficient (Wildman–Crippen LogP) is 5.84. The summed E-state index contributed by atoms with van der Waals surface area (Å²) < 4.78 is 1.22. The Morgan fingerprint density at radius 1 is 1.19 bits per heavy atom. The Morgan fingerprint density at radius 2 is 1.86 bits per heavy atom. The number of halogens is 1. The van der Waals surface area contributed by atoms with Crippen LogP contribution in [-0.2, 0) is 6.54 Å². The lowest BCUT2D eigenvalue weighted by Gasteiger charge is -2.39. The van der Waals surface area contributed by atoms with Crippen LogP contribution in [0.25, 0.3) is 0 Å². The summed E-state index contributed by atoms with van der Waals surface area (Å²) in [5.74, 6) is 0.911. The van der Waals surface area contributed by atoms with Crippen molar-refractivity contribution in [1.29, 1.82) is 0 Å². The van der Waals surface area contributed by atoms with Crippen LogP contribution in [0.3, 0.4) is 0 Å². The van der Waals surface area contributed by atoms with Crippen molar-refractivity contribution in [2.75, 3.05) is 0 Å². The summed E-state index contributed by atoms with van der Waals surface area (Å²) in [6, 6.07) is 7.38. The third-order valence-corrected chi connectivity index (χ3v) is 6.43. The zero-order valence-electron chi connectivity index (χ0n) is 14.0. The van der Waals surface area contributed by atoms with Crippen LogP contribution in [0.2, 0.25) is 0 Å². The Kier molecular flexibility index (Phi) is 5.90. The first-order valence-corrected chi connectivity index (χ1v) is 9.20. The number of benzene rings is 1. The molecule has 0 saturated heterocycles. The van der Waals surface area contributed by atoms with Gasteiger partial charge in [0.2, 0.25) is 0 Å². The molecule has 0 aromatic heterocycles. The molecule has 1 nitrogen and oxygen atoms in total. The van der Waals surface area contributed by atoms with Gasteiger partial charge in [0.05, 0.1) is 0 Å². The SMILES string of the molecule is CCC(C)(C)C1CCC(NCc2ccc(C)c(Br)c2)CC1. The van der Waals surface area contributed by atoms with Crippen LogP contribution in [0.1, 0.15) is 64.0 Å². The Bertz CT molecular complexity index is 459. The average molecular weight is 352 g/mol. The molecule has 1 aliphatic carbocycles. The van der Waals surface area contributed by atoms with Gasteiger partial charge in [0.15, 0.2) is 0 Å². The number of rotatable bonds is 5. The monoisotopic (exact) mass is 351 g/mol. The molecule has 1 N–H and O–H groups in total. The smallest absolute Gasteiger partial charge is 0.0208 e. The van der Waals surface area contributed by atoms with Crippen molar-refractivity contribution >= 4 is 15.9 Å². The molecular weight excluding hydrogens is 322 g/mol. The van der Waals surface area contributed by atoms with Gasteiger partial charge in [-0.05, 0) is 61.1 Å². The van der Waals surface area contributed by atoms with Gasteiger partial charge in [0, 0.05) is 17.1 Å². The van der Waals surface area contributed by atoms with Gasteiger partial charge in [-0.2, -0.15) is 0 Å². The molecule has 2 rings (SSSR count). The highest BCUT2D eigenvalue weighted by molar-refractivity contribution is 9.10. The molecule has 1 aromatic rings. The average Bonchev–Trinajstić information content (AvgIpc) is 2.49. The minimum atomic E-state index is 0.521. The van der Waals surface area contributed by atoms with Crippen molar-refractivity contribution in [1.82, 2.24) is 5.32 Å². The molecule has 1 saturated carbocycles. The molecule has 0 radical (unpaired) electrons. The first-order valence-electron chi connectivity index (χ1n) is 8.41. The number of hydrogen-bond acceptors (Lipinski definition) is 1. The summed E-state index contributed by atoms with van der Waals surface area (Å²) >= 11 is 3.62. The molecule has 0 unspecified atom stereocenters. The summed E-state index contributed by atoms with van der Waals surface area (Å²) in [5, 5.41) is 3.75. The van der Waals surface area contributed by atoms with Crippen LogP contribution >= 0.6 is 15.9 Å². The van der Waals surface area contributed by atoms with Gasteiger partial charge in [0.1, 0.15) is 0 Å². The zero-order valence-corrected chi connectivity index (χ0v) is 15.6. The highest BCUT2D eigenvalue weighted by Gasteiger charge is 2.31. The van der Waals surface area contributed by atoms with Gasteiger partial charge in [-0.1, -0.05) is 55.3 Å². The van der Waals surface area contributed by atoms with Gasteiger partial charge in [-0.15, -0.1) is 0 Å². The second kappa shape index (κ2) is 7.28. The van der Waals surface area contributed by atoms with Crippen molar-refractivity contribution < 1.29 is 0 Å². The second-order valence-corrected chi connectivity index (χ2v) is 8.21. The van der Waals surface area contributed by atoms with Crippen molar-refractivity contribution in [3.8, 4) is 0 Å². The second-order valence-electron chi connectivity index (χ2n) is 7.36. The van der Waals surface area contributed by atoms with E-state index in [4.69, 9.17) is 0 Å². The van der Waals surface area contributed by atoms with Crippen molar-refractivity contribution in [2.24, 2.45) is 11.3 Å². The summed E-state index contributed by atoms with van der Waals surface area (Å²) in [7, 11) is 0. The van der Waals surface area contributed by atoms with E-state index in [0.29, 0.717) is 11.5 Å². The van der Waals surface area contributed by atoms with Gasteiger partial charge in [0.25, 0.3) is 0 Å². The molecule has 0 spiro atoms. The first kappa shape index (κ1) is 17.0. The van der Waals surface area contributed by atoms with E-state index in [1.165, 1.54) is 47.7 Å². The summed E-state index contributed by atoms with van der Waals surface area (Å²) in [6.07, 6.45) is 6.74. The maximum Gasteiger partial charge on any atom is 0.0208 e. The summed E-state index contributed by atoms with van der Waals surface area (Å²) in [5.41, 5.74) is 3.21. The highest BCUT2D eigenvalue weighted by Crippen LogP contribution is 2.40. The molecule has 0 heterocycles. The lowest BCUT2D eigenvalue weighted by Crippen LogP contribution is -2.36. The minimum Gasteiger partial charge on any atom is -0.310 e. The minimum absolute atomic E-state index is 0.521. The Labute approximate surface area is 139 Å². The largest absolute Gasteiger partial charge is 0.310 e. The number of nitrogens with one attached hydrogen (secondary N) is 1. The molecule has 1 aromatic carbocycles. The van der Waals surface area contributed by atoms with E-state index in [1.807, 2.05) is 0 Å². The van der Waals surface area contributed by atoms with E-state index < -0.39 is 0 Å². The van der Waals surface area contributed by atoms with E-state index in [9.17, 15) is 0 Å². The quantitative estimate of drug-likeness (QED) is 0.702. The lowest BCUT2D eigenvalue weighted by molar-refractivity contribution is 0.137. The molecule has 2 heteroatoms. The Morgan fingerprint density at radius 3 is 2.43 bits per heavy atom. The molecule has 21 heavy (non-hydrogen) atoms. The van der Waals surface area contributed by atoms with E-state index >= 15 is 0 Å². The standard InChI is InChI=1S/C19H30BrN/c1-5-19(3,4)16-8-10-17(11-9-16)21-13-15-7-6-14(2)18(20)12-15/h6-7,12,16-17,21H,5,8-11,13H2,1-4H3. The fourth-order valence-corrected chi connectivity index (χ4v) is 3.80. The van der Waals surface area contributed by atoms with Crippen molar-refractivity contribution in [2.45, 2.75) is 72.4 Å². The highest BCUT2D eigenvalue weighted by atomic mass is 79.9. The Hall–Kier alpha value is -0.340. The topological polar surface area (TPSA) is 12.0 Å². The molecule has 0 atom stereocenters. The third-order valence-electron chi connectivity index (χ3n) is 5.57. The van der Waals surface area contributed by atoms with E-state index in [1.54, 1.807) is 0 Å². The molecule has 0 aliphatic heterocycles. The van der Waals surface area contributed by atoms with Crippen LogP contribution < -0.4 is 5.32 Å². The summed E-state index contributed by atoms with van der Waals surface area (Å²) in [4.78, 5) is 0. The molecule has 118 valence electrons. The van der Waals surface area contributed by atoms with Crippen LogP contribution in [0.5, 0.6) is 0 Å². The maximum absolute atomic E-state index is 3.75. The predicted molar refractivity (Wildman–Crippen MR) is 95.5 cm³/mol. The zero-order chi connectivity index (χ0) is 15.5. The van der Waals surface area contributed by atoms with Crippen molar-refractivity contribution in [3.05, 3.63) is 33.8 Å². The third kappa shape index (κ3) is 4.56. The van der Waals surface area contributed by atoms with Gasteiger partial charge in [-0.3, -0.25) is 0 Å². The van der Waals surface area contributed by atoms with Gasteiger partial charge >= 0.3 is 0 Å². The van der Waals surface area contributed by atoms with Crippen LogP contribution in [-0.4, -0.2) is 6.04 Å². The normalized spacial score (nSPS) is 23.3. The molecular formula is C19H30BrN. The van der Waals surface area contributed by atoms with Gasteiger partial charge < -0.3 is 5.32 Å². The van der Waals surface area contributed by atoms with Crippen LogP contribution in [0.15, 0.2) is 22.7 Å². The van der Waals surface area contributed by atoms with E-state index in [-0.39, 0.29) is 0 Å². The first-order chi connectivity index (χ1) is 9.92. The van der Waals surface area contributed by atoms with Crippen molar-refractivity contribution in [3.63, 3.8) is 0 Å². The molecule has 1 fully saturated rings. The molecule has 0 bridgehead atoms. The summed E-state index contributed by atoms with van der Waals surface area (Å²) in [6.45, 7) is 10.3. The maximum atomic E-state index is 3.75. The fraction of sp³-hybridized carbons (Fsp3) is 0.684. The number of hydrogen-bond donors (Lipinski definition) is 1. The molecule has 1 aliphatic rings. The van der Waals surface area contributed by atoms with Crippen LogP contribution in [0.4, 0.5) is 0 Å². The Balaban J connectivity index is 1.80. The van der Waals surface area contributed by atoms with E-state index in [2.05, 4.69) is 67.1 Å². The number of aryl methyl sites for hydroxylation is 1. The van der Waals surface area contributed by atoms with E-state index in [0.717, 1.165) is 12.5 Å². The lowest BCUT2D eigenvalue weighted by atomic mass is 9.69. The van der Waals surface area contributed by atoms with Crippen LogP contribution in [0, 0.1) is 18.3 Å². The van der Waals surface area contributed by atoms with Gasteiger partial charge in [-0.25, -0.2) is 0 Å².